The quantitative estimate of drug-likeness (QED) is 0.695. The molecule has 0 saturated carbocycles. The van der Waals surface area contributed by atoms with Gasteiger partial charge < -0.3 is 5.73 Å². The molecule has 1 heterocycles. The molecule has 0 unspecified atom stereocenters. The SMILES string of the molecule is CCCc1nc(N)sc1Cc1ccc2cc(Br)ccc2c1. The predicted molar refractivity (Wildman–Crippen MR) is 95.0 cm³/mol. The number of hydrogen-bond acceptors (Lipinski definition) is 3. The van der Waals surface area contributed by atoms with E-state index in [4.69, 9.17) is 5.73 Å². The van der Waals surface area contributed by atoms with E-state index < -0.39 is 0 Å². The van der Waals surface area contributed by atoms with E-state index in [9.17, 15) is 0 Å². The van der Waals surface area contributed by atoms with Crippen molar-refractivity contribution < 1.29 is 0 Å². The minimum Gasteiger partial charge on any atom is -0.375 e. The lowest BCUT2D eigenvalue weighted by molar-refractivity contribution is 0.879. The smallest absolute Gasteiger partial charge is 0.180 e. The molecule has 0 saturated heterocycles. The number of halogens is 1. The zero-order valence-electron chi connectivity index (χ0n) is 11.9. The van der Waals surface area contributed by atoms with Crippen LogP contribution >= 0.6 is 27.3 Å². The third-order valence-electron chi connectivity index (χ3n) is 3.51. The zero-order chi connectivity index (χ0) is 14.8. The Morgan fingerprint density at radius 2 is 1.90 bits per heavy atom. The van der Waals surface area contributed by atoms with E-state index in [1.54, 1.807) is 11.3 Å². The molecular formula is C17H17BrN2S. The average molecular weight is 361 g/mol. The molecule has 0 aliphatic rings. The molecule has 0 spiro atoms. The molecule has 0 aliphatic carbocycles. The van der Waals surface area contributed by atoms with Crippen LogP contribution in [0.2, 0.25) is 0 Å². The van der Waals surface area contributed by atoms with Gasteiger partial charge in [-0.05, 0) is 34.9 Å². The van der Waals surface area contributed by atoms with Crippen molar-refractivity contribution in [3.8, 4) is 0 Å². The number of anilines is 1. The maximum absolute atomic E-state index is 5.87. The molecule has 2 aromatic carbocycles. The number of aromatic nitrogens is 1. The van der Waals surface area contributed by atoms with Gasteiger partial charge >= 0.3 is 0 Å². The molecule has 0 aliphatic heterocycles. The molecule has 0 bridgehead atoms. The summed E-state index contributed by atoms with van der Waals surface area (Å²) in [4.78, 5) is 5.76. The van der Waals surface area contributed by atoms with Gasteiger partial charge in [0.1, 0.15) is 0 Å². The summed E-state index contributed by atoms with van der Waals surface area (Å²) in [6.45, 7) is 2.17. The van der Waals surface area contributed by atoms with Gasteiger partial charge in [0.05, 0.1) is 5.69 Å². The molecule has 4 heteroatoms. The molecule has 108 valence electrons. The van der Waals surface area contributed by atoms with Crippen LogP contribution in [0, 0.1) is 0 Å². The topological polar surface area (TPSA) is 38.9 Å². The number of fused-ring (bicyclic) bond motifs is 1. The fraction of sp³-hybridized carbons (Fsp3) is 0.235. The minimum atomic E-state index is 0.679. The van der Waals surface area contributed by atoms with Gasteiger partial charge in [0.15, 0.2) is 5.13 Å². The van der Waals surface area contributed by atoms with Crippen LogP contribution in [0.5, 0.6) is 0 Å². The zero-order valence-corrected chi connectivity index (χ0v) is 14.3. The first-order valence-electron chi connectivity index (χ1n) is 7.08. The van der Waals surface area contributed by atoms with E-state index in [1.165, 1.54) is 21.2 Å². The van der Waals surface area contributed by atoms with Crippen LogP contribution in [0.4, 0.5) is 5.13 Å². The summed E-state index contributed by atoms with van der Waals surface area (Å²) in [5.74, 6) is 0. The summed E-state index contributed by atoms with van der Waals surface area (Å²) >= 11 is 5.13. The van der Waals surface area contributed by atoms with E-state index in [0.717, 1.165) is 29.4 Å². The van der Waals surface area contributed by atoms with E-state index in [1.807, 2.05) is 0 Å². The van der Waals surface area contributed by atoms with Crippen LogP contribution in [0.15, 0.2) is 40.9 Å². The van der Waals surface area contributed by atoms with Crippen LogP contribution in [-0.4, -0.2) is 4.98 Å². The molecule has 0 amide bonds. The molecular weight excluding hydrogens is 344 g/mol. The first kappa shape index (κ1) is 14.5. The summed E-state index contributed by atoms with van der Waals surface area (Å²) in [6, 6.07) is 13.0. The second kappa shape index (κ2) is 6.16. The highest BCUT2D eigenvalue weighted by Gasteiger charge is 2.10. The van der Waals surface area contributed by atoms with Gasteiger partial charge in [-0.15, -0.1) is 11.3 Å². The Morgan fingerprint density at radius 3 is 2.71 bits per heavy atom. The van der Waals surface area contributed by atoms with Gasteiger partial charge in [-0.25, -0.2) is 4.98 Å². The Kier molecular flexibility index (Phi) is 4.27. The van der Waals surface area contributed by atoms with E-state index >= 15 is 0 Å². The van der Waals surface area contributed by atoms with Crippen LogP contribution in [0.1, 0.15) is 29.5 Å². The Bertz CT molecular complexity index is 780. The lowest BCUT2D eigenvalue weighted by Gasteiger charge is -2.05. The molecule has 0 radical (unpaired) electrons. The number of aryl methyl sites for hydroxylation is 1. The van der Waals surface area contributed by atoms with Crippen LogP contribution in [-0.2, 0) is 12.8 Å². The molecule has 2 N–H and O–H groups in total. The monoisotopic (exact) mass is 360 g/mol. The third-order valence-corrected chi connectivity index (χ3v) is 4.93. The van der Waals surface area contributed by atoms with E-state index in [-0.39, 0.29) is 0 Å². The van der Waals surface area contributed by atoms with Crippen molar-refractivity contribution in [2.75, 3.05) is 5.73 Å². The van der Waals surface area contributed by atoms with E-state index in [0.29, 0.717) is 5.13 Å². The number of benzene rings is 2. The summed E-state index contributed by atoms with van der Waals surface area (Å²) in [5.41, 5.74) is 8.35. The molecule has 0 fully saturated rings. The highest BCUT2D eigenvalue weighted by molar-refractivity contribution is 9.10. The maximum atomic E-state index is 5.87. The molecule has 2 nitrogen and oxygen atoms in total. The number of hydrogen-bond donors (Lipinski definition) is 1. The predicted octanol–water partition coefficient (Wildman–Crippen LogP) is 5.18. The molecule has 3 rings (SSSR count). The fourth-order valence-electron chi connectivity index (χ4n) is 2.53. The average Bonchev–Trinajstić information content (AvgIpc) is 2.79. The normalized spacial score (nSPS) is 11.1. The fourth-order valence-corrected chi connectivity index (χ4v) is 3.83. The van der Waals surface area contributed by atoms with Gasteiger partial charge in [0.25, 0.3) is 0 Å². The van der Waals surface area contributed by atoms with Gasteiger partial charge in [-0.3, -0.25) is 0 Å². The van der Waals surface area contributed by atoms with Crippen molar-refractivity contribution in [2.45, 2.75) is 26.2 Å². The summed E-state index contributed by atoms with van der Waals surface area (Å²) in [7, 11) is 0. The van der Waals surface area contributed by atoms with Crippen molar-refractivity contribution in [2.24, 2.45) is 0 Å². The van der Waals surface area contributed by atoms with Gasteiger partial charge in [0.2, 0.25) is 0 Å². The largest absolute Gasteiger partial charge is 0.375 e. The number of rotatable bonds is 4. The second-order valence-electron chi connectivity index (χ2n) is 5.17. The number of thiazole rings is 1. The van der Waals surface area contributed by atoms with Crippen molar-refractivity contribution in [3.05, 3.63) is 57.0 Å². The first-order valence-corrected chi connectivity index (χ1v) is 8.69. The minimum absolute atomic E-state index is 0.679. The van der Waals surface area contributed by atoms with Gasteiger partial charge in [-0.2, -0.15) is 0 Å². The molecule has 3 aromatic rings. The highest BCUT2D eigenvalue weighted by atomic mass is 79.9. The third kappa shape index (κ3) is 3.27. The summed E-state index contributed by atoms with van der Waals surface area (Å²) < 4.78 is 1.11. The molecule has 1 aromatic heterocycles. The second-order valence-corrected chi connectivity index (χ2v) is 7.21. The Balaban J connectivity index is 1.92. The lowest BCUT2D eigenvalue weighted by atomic mass is 10.0. The Labute approximate surface area is 137 Å². The number of nitrogen functional groups attached to an aromatic ring is 1. The molecule has 21 heavy (non-hydrogen) atoms. The molecule has 0 atom stereocenters. The van der Waals surface area contributed by atoms with E-state index in [2.05, 4.69) is 64.2 Å². The van der Waals surface area contributed by atoms with Crippen molar-refractivity contribution in [1.82, 2.24) is 4.98 Å². The standard InChI is InChI=1S/C17H17BrN2S/c1-2-3-15-16(21-17(19)20-15)9-11-4-5-13-10-14(18)7-6-12(13)8-11/h4-8,10H,2-3,9H2,1H3,(H2,19,20). The first-order chi connectivity index (χ1) is 10.2. The van der Waals surface area contributed by atoms with Crippen LogP contribution in [0.3, 0.4) is 0 Å². The van der Waals surface area contributed by atoms with Crippen LogP contribution in [0.25, 0.3) is 10.8 Å². The maximum Gasteiger partial charge on any atom is 0.180 e. The van der Waals surface area contributed by atoms with Gasteiger partial charge in [-0.1, -0.05) is 53.5 Å². The van der Waals surface area contributed by atoms with Gasteiger partial charge in [0, 0.05) is 15.8 Å². The Morgan fingerprint density at radius 1 is 1.14 bits per heavy atom. The highest BCUT2D eigenvalue weighted by Crippen LogP contribution is 2.27. The summed E-state index contributed by atoms with van der Waals surface area (Å²) in [6.07, 6.45) is 3.02. The van der Waals surface area contributed by atoms with Crippen molar-refractivity contribution in [1.29, 1.82) is 0 Å². The number of nitrogens with two attached hydrogens (primary N) is 1. The lowest BCUT2D eigenvalue weighted by Crippen LogP contribution is -1.93. The Hall–Kier alpha value is -1.39. The van der Waals surface area contributed by atoms with Crippen LogP contribution < -0.4 is 5.73 Å². The number of nitrogens with zero attached hydrogens (tertiary/aromatic N) is 1. The van der Waals surface area contributed by atoms with Crippen molar-refractivity contribution in [3.63, 3.8) is 0 Å². The van der Waals surface area contributed by atoms with Crippen molar-refractivity contribution >= 4 is 43.2 Å². The summed E-state index contributed by atoms with van der Waals surface area (Å²) in [5, 5.41) is 3.20.